The average molecular weight is 433 g/mol. The topological polar surface area (TPSA) is 56.8 Å². The van der Waals surface area contributed by atoms with Gasteiger partial charge in [0.25, 0.3) is 0 Å². The van der Waals surface area contributed by atoms with Crippen LogP contribution in [0.3, 0.4) is 0 Å². The number of amides is 2. The molecule has 2 heterocycles. The summed E-state index contributed by atoms with van der Waals surface area (Å²) in [7, 11) is 1.58. The van der Waals surface area contributed by atoms with Crippen LogP contribution >= 0.6 is 11.6 Å². The molecule has 30 heavy (non-hydrogen) atoms. The largest absolute Gasteiger partial charge is 0.368 e. The van der Waals surface area contributed by atoms with Crippen LogP contribution in [0.2, 0.25) is 5.15 Å². The molecule has 0 aliphatic carbocycles. The van der Waals surface area contributed by atoms with Gasteiger partial charge in [-0.15, -0.1) is 0 Å². The summed E-state index contributed by atoms with van der Waals surface area (Å²) in [5.41, 5.74) is 2.01. The molecule has 0 saturated carbocycles. The molecule has 2 aromatic rings. The van der Waals surface area contributed by atoms with Gasteiger partial charge in [-0.1, -0.05) is 24.6 Å². The number of carbonyl (C=O) groups excluding carboxylic acids is 2. The highest BCUT2D eigenvalue weighted by atomic mass is 35.5. The van der Waals surface area contributed by atoms with E-state index in [1.165, 1.54) is 11.0 Å². The molecular formula is C22H26ClFN4O2. The van der Waals surface area contributed by atoms with Crippen molar-refractivity contribution in [3.8, 4) is 0 Å². The number of nitrogens with zero attached hydrogens (tertiary/aromatic N) is 4. The highest BCUT2D eigenvalue weighted by Gasteiger charge is 2.22. The van der Waals surface area contributed by atoms with Crippen LogP contribution in [0.15, 0.2) is 36.5 Å². The molecule has 6 nitrogen and oxygen atoms in total. The number of benzene rings is 1. The average Bonchev–Trinajstić information content (AvgIpc) is 2.77. The number of rotatable bonds is 6. The lowest BCUT2D eigenvalue weighted by Crippen LogP contribution is -2.48. The zero-order chi connectivity index (χ0) is 21.7. The third kappa shape index (κ3) is 5.27. The van der Waals surface area contributed by atoms with Gasteiger partial charge in [-0.3, -0.25) is 9.59 Å². The maximum atomic E-state index is 14.5. The number of aryl methyl sites for hydroxylation is 1. The van der Waals surface area contributed by atoms with Gasteiger partial charge in [0.1, 0.15) is 11.0 Å². The maximum Gasteiger partial charge on any atom is 0.226 e. The third-order valence-electron chi connectivity index (χ3n) is 5.38. The summed E-state index contributed by atoms with van der Waals surface area (Å²) in [4.78, 5) is 33.6. The van der Waals surface area contributed by atoms with Crippen LogP contribution in [0, 0.1) is 5.82 Å². The zero-order valence-electron chi connectivity index (χ0n) is 17.3. The van der Waals surface area contributed by atoms with Crippen LogP contribution in [0.4, 0.5) is 15.8 Å². The fraction of sp³-hybridized carbons (Fsp3) is 0.409. The number of carbonyl (C=O) groups is 2. The van der Waals surface area contributed by atoms with Gasteiger partial charge in [0.2, 0.25) is 11.8 Å². The lowest BCUT2D eigenvalue weighted by atomic mass is 10.1. The monoisotopic (exact) mass is 432 g/mol. The summed E-state index contributed by atoms with van der Waals surface area (Å²) in [5.74, 6) is -0.458. The van der Waals surface area contributed by atoms with Crippen molar-refractivity contribution in [2.45, 2.75) is 26.2 Å². The molecule has 1 aliphatic rings. The molecule has 1 aromatic carbocycles. The summed E-state index contributed by atoms with van der Waals surface area (Å²) < 4.78 is 14.5. The van der Waals surface area contributed by atoms with Crippen molar-refractivity contribution in [1.82, 2.24) is 9.88 Å². The summed E-state index contributed by atoms with van der Waals surface area (Å²) in [6.07, 6.45) is 3.06. The molecular weight excluding hydrogens is 407 g/mol. The van der Waals surface area contributed by atoms with Crippen molar-refractivity contribution in [2.24, 2.45) is 0 Å². The van der Waals surface area contributed by atoms with Crippen LogP contribution in [0.1, 0.15) is 25.3 Å². The van der Waals surface area contributed by atoms with Gasteiger partial charge in [0.15, 0.2) is 0 Å². The Morgan fingerprint density at radius 3 is 2.50 bits per heavy atom. The molecule has 1 saturated heterocycles. The van der Waals surface area contributed by atoms with Crippen LogP contribution in [-0.2, 0) is 16.0 Å². The van der Waals surface area contributed by atoms with Gasteiger partial charge in [-0.25, -0.2) is 9.37 Å². The summed E-state index contributed by atoms with van der Waals surface area (Å²) in [6, 6.07) is 8.52. The Kier molecular flexibility index (Phi) is 7.26. The van der Waals surface area contributed by atoms with Crippen LogP contribution in [0.5, 0.6) is 0 Å². The molecule has 1 aliphatic heterocycles. The first kappa shape index (κ1) is 22.0. The van der Waals surface area contributed by atoms with Gasteiger partial charge in [-0.05, 0) is 36.2 Å². The summed E-state index contributed by atoms with van der Waals surface area (Å²) in [5, 5.41) is 0.439. The molecule has 0 bridgehead atoms. The van der Waals surface area contributed by atoms with Gasteiger partial charge in [0.05, 0.1) is 5.69 Å². The smallest absolute Gasteiger partial charge is 0.226 e. The van der Waals surface area contributed by atoms with Crippen LogP contribution < -0.4 is 9.80 Å². The second-order valence-corrected chi connectivity index (χ2v) is 7.69. The number of aromatic nitrogens is 1. The van der Waals surface area contributed by atoms with E-state index in [9.17, 15) is 14.0 Å². The molecule has 1 fully saturated rings. The Morgan fingerprint density at radius 2 is 1.90 bits per heavy atom. The lowest BCUT2D eigenvalue weighted by molar-refractivity contribution is -0.131. The molecule has 0 radical (unpaired) electrons. The molecule has 3 rings (SSSR count). The van der Waals surface area contributed by atoms with Gasteiger partial charge < -0.3 is 14.7 Å². The Hall–Kier alpha value is -2.67. The maximum absolute atomic E-state index is 14.5. The van der Waals surface area contributed by atoms with Crippen molar-refractivity contribution in [1.29, 1.82) is 0 Å². The number of piperazine rings is 1. The number of anilines is 2. The molecule has 8 heteroatoms. The molecule has 0 N–H and O–H groups in total. The number of halogens is 2. The molecule has 0 atom stereocenters. The van der Waals surface area contributed by atoms with E-state index < -0.39 is 5.82 Å². The third-order valence-corrected chi connectivity index (χ3v) is 5.61. The van der Waals surface area contributed by atoms with Gasteiger partial charge >= 0.3 is 0 Å². The van der Waals surface area contributed by atoms with E-state index in [0.717, 1.165) is 11.3 Å². The van der Waals surface area contributed by atoms with Crippen LogP contribution in [0.25, 0.3) is 0 Å². The second kappa shape index (κ2) is 9.89. The van der Waals surface area contributed by atoms with Crippen LogP contribution in [-0.4, -0.2) is 54.9 Å². The van der Waals surface area contributed by atoms with Crippen molar-refractivity contribution in [3.05, 3.63) is 53.1 Å². The standard InChI is InChI=1S/C22H26ClFN4O2/c1-3-21(29)26(2)19-7-6-17(14-18(19)24)27-10-12-28(13-11-27)22(30)9-5-16-4-8-20(23)25-15-16/h4,6-8,14-15H,3,5,9-13H2,1-2H3. The fourth-order valence-electron chi connectivity index (χ4n) is 3.51. The number of hydrogen-bond donors (Lipinski definition) is 0. The molecule has 1 aromatic heterocycles. The second-order valence-electron chi connectivity index (χ2n) is 7.30. The van der Waals surface area contributed by atoms with E-state index in [1.54, 1.807) is 32.3 Å². The van der Waals surface area contributed by atoms with E-state index in [4.69, 9.17) is 11.6 Å². The van der Waals surface area contributed by atoms with Gasteiger partial charge in [0, 0.05) is 58.0 Å². The van der Waals surface area contributed by atoms with Crippen molar-refractivity contribution < 1.29 is 14.0 Å². The summed E-state index contributed by atoms with van der Waals surface area (Å²) >= 11 is 5.78. The van der Waals surface area contributed by atoms with Crippen molar-refractivity contribution >= 4 is 34.8 Å². The lowest BCUT2D eigenvalue weighted by Gasteiger charge is -2.36. The molecule has 0 spiro atoms. The Labute approximate surface area is 181 Å². The van der Waals surface area contributed by atoms with E-state index in [0.29, 0.717) is 50.6 Å². The van der Waals surface area contributed by atoms with E-state index in [-0.39, 0.29) is 17.5 Å². The normalized spacial score (nSPS) is 14.0. The van der Waals surface area contributed by atoms with E-state index in [2.05, 4.69) is 9.88 Å². The molecule has 2 amide bonds. The number of hydrogen-bond acceptors (Lipinski definition) is 4. The quantitative estimate of drug-likeness (QED) is 0.655. The van der Waals surface area contributed by atoms with E-state index in [1.807, 2.05) is 17.0 Å². The zero-order valence-corrected chi connectivity index (χ0v) is 18.0. The predicted molar refractivity (Wildman–Crippen MR) is 116 cm³/mol. The SMILES string of the molecule is CCC(=O)N(C)c1ccc(N2CCN(C(=O)CCc3ccc(Cl)nc3)CC2)cc1F. The highest BCUT2D eigenvalue weighted by Crippen LogP contribution is 2.26. The first-order valence-electron chi connectivity index (χ1n) is 10.1. The first-order valence-corrected chi connectivity index (χ1v) is 10.5. The predicted octanol–water partition coefficient (Wildman–Crippen LogP) is 3.53. The first-order chi connectivity index (χ1) is 14.4. The Bertz CT molecular complexity index is 899. The highest BCUT2D eigenvalue weighted by molar-refractivity contribution is 6.29. The minimum absolute atomic E-state index is 0.103. The summed E-state index contributed by atoms with van der Waals surface area (Å²) in [6.45, 7) is 4.20. The van der Waals surface area contributed by atoms with E-state index >= 15 is 0 Å². The minimum atomic E-state index is -0.424. The Morgan fingerprint density at radius 1 is 1.17 bits per heavy atom. The minimum Gasteiger partial charge on any atom is -0.368 e. The Balaban J connectivity index is 1.53. The molecule has 160 valence electrons. The fourth-order valence-corrected chi connectivity index (χ4v) is 3.63. The van der Waals surface area contributed by atoms with Crippen molar-refractivity contribution in [2.75, 3.05) is 43.0 Å². The van der Waals surface area contributed by atoms with Gasteiger partial charge in [-0.2, -0.15) is 0 Å². The number of pyridine rings is 1. The van der Waals surface area contributed by atoms with Crippen molar-refractivity contribution in [3.63, 3.8) is 0 Å². The molecule has 0 unspecified atom stereocenters.